The molecule has 0 saturated carbocycles. The van der Waals surface area contributed by atoms with Crippen molar-refractivity contribution in [1.82, 2.24) is 5.32 Å². The van der Waals surface area contributed by atoms with Crippen LogP contribution in [0.2, 0.25) is 10.0 Å². The van der Waals surface area contributed by atoms with E-state index in [9.17, 15) is 4.79 Å². The Kier molecular flexibility index (Phi) is 5.85. The molecular formula is C17H15Cl2NO. The number of hydrogen-bond donors (Lipinski definition) is 1. The number of nitrogens with one attached hydrogen (secondary N) is 1. The Balaban J connectivity index is 1.78. The maximum absolute atomic E-state index is 11.7. The van der Waals surface area contributed by atoms with E-state index in [0.29, 0.717) is 16.6 Å². The lowest BCUT2D eigenvalue weighted by Crippen LogP contribution is -2.23. The normalized spacial score (nSPS) is 10.8. The summed E-state index contributed by atoms with van der Waals surface area (Å²) in [7, 11) is 0. The molecule has 0 heterocycles. The average Bonchev–Trinajstić information content (AvgIpc) is 2.47. The highest BCUT2D eigenvalue weighted by molar-refractivity contribution is 6.30. The zero-order chi connectivity index (χ0) is 15.1. The van der Waals surface area contributed by atoms with Crippen LogP contribution < -0.4 is 5.32 Å². The SMILES string of the molecule is O=C(/C=C/c1ccc(Cl)cc1)NCCc1cccc(Cl)c1. The van der Waals surface area contributed by atoms with E-state index in [-0.39, 0.29) is 5.91 Å². The van der Waals surface area contributed by atoms with Crippen molar-refractivity contribution in [2.75, 3.05) is 6.54 Å². The van der Waals surface area contributed by atoms with Crippen LogP contribution >= 0.6 is 23.2 Å². The molecule has 0 aromatic heterocycles. The number of rotatable bonds is 5. The average molecular weight is 320 g/mol. The molecule has 1 N–H and O–H groups in total. The van der Waals surface area contributed by atoms with Crippen LogP contribution in [-0.4, -0.2) is 12.5 Å². The van der Waals surface area contributed by atoms with Gasteiger partial charge in [0.05, 0.1) is 0 Å². The second kappa shape index (κ2) is 7.87. The van der Waals surface area contributed by atoms with E-state index < -0.39 is 0 Å². The minimum absolute atomic E-state index is 0.119. The molecule has 0 bridgehead atoms. The van der Waals surface area contributed by atoms with E-state index in [1.54, 1.807) is 18.2 Å². The monoisotopic (exact) mass is 319 g/mol. The summed E-state index contributed by atoms with van der Waals surface area (Å²) in [6.07, 6.45) is 4.02. The van der Waals surface area contributed by atoms with Crippen molar-refractivity contribution in [1.29, 1.82) is 0 Å². The highest BCUT2D eigenvalue weighted by atomic mass is 35.5. The minimum atomic E-state index is -0.119. The first-order chi connectivity index (χ1) is 10.1. The predicted octanol–water partition coefficient (Wildman–Crippen LogP) is 4.37. The van der Waals surface area contributed by atoms with Crippen LogP contribution in [-0.2, 0) is 11.2 Å². The van der Waals surface area contributed by atoms with Gasteiger partial charge in [-0.15, -0.1) is 0 Å². The number of halogens is 2. The fourth-order valence-electron chi connectivity index (χ4n) is 1.83. The molecule has 2 aromatic rings. The molecule has 2 aromatic carbocycles. The van der Waals surface area contributed by atoms with Gasteiger partial charge in [-0.25, -0.2) is 0 Å². The summed E-state index contributed by atoms with van der Waals surface area (Å²) in [5.74, 6) is -0.119. The van der Waals surface area contributed by atoms with Crippen molar-refractivity contribution in [2.45, 2.75) is 6.42 Å². The van der Waals surface area contributed by atoms with Crippen molar-refractivity contribution >= 4 is 35.2 Å². The molecular weight excluding hydrogens is 305 g/mol. The maximum Gasteiger partial charge on any atom is 0.244 e. The van der Waals surface area contributed by atoms with Crippen molar-refractivity contribution in [3.05, 3.63) is 75.8 Å². The van der Waals surface area contributed by atoms with Crippen molar-refractivity contribution in [3.8, 4) is 0 Å². The van der Waals surface area contributed by atoms with Gasteiger partial charge in [-0.2, -0.15) is 0 Å². The summed E-state index contributed by atoms with van der Waals surface area (Å²) in [4.78, 5) is 11.7. The highest BCUT2D eigenvalue weighted by Crippen LogP contribution is 2.11. The van der Waals surface area contributed by atoms with E-state index in [1.807, 2.05) is 36.4 Å². The Bertz CT molecular complexity index is 635. The highest BCUT2D eigenvalue weighted by Gasteiger charge is 1.97. The second-order valence-corrected chi connectivity index (χ2v) is 5.43. The Hall–Kier alpha value is -1.77. The molecule has 108 valence electrons. The molecule has 0 radical (unpaired) electrons. The van der Waals surface area contributed by atoms with Crippen LogP contribution in [0.15, 0.2) is 54.6 Å². The molecule has 0 unspecified atom stereocenters. The number of carbonyl (C=O) groups is 1. The quantitative estimate of drug-likeness (QED) is 0.815. The Morgan fingerprint density at radius 1 is 1.05 bits per heavy atom. The third kappa shape index (κ3) is 5.62. The van der Waals surface area contributed by atoms with Crippen LogP contribution in [0, 0.1) is 0 Å². The van der Waals surface area contributed by atoms with Gasteiger partial charge < -0.3 is 5.32 Å². The van der Waals surface area contributed by atoms with Crippen LogP contribution in [0.4, 0.5) is 0 Å². The molecule has 0 fully saturated rings. The minimum Gasteiger partial charge on any atom is -0.352 e. The van der Waals surface area contributed by atoms with Gasteiger partial charge >= 0.3 is 0 Å². The zero-order valence-electron chi connectivity index (χ0n) is 11.4. The number of hydrogen-bond acceptors (Lipinski definition) is 1. The van der Waals surface area contributed by atoms with E-state index in [2.05, 4.69) is 5.32 Å². The van der Waals surface area contributed by atoms with Crippen LogP contribution in [0.25, 0.3) is 6.08 Å². The van der Waals surface area contributed by atoms with Crippen LogP contribution in [0.1, 0.15) is 11.1 Å². The molecule has 0 atom stereocenters. The van der Waals surface area contributed by atoms with E-state index in [1.165, 1.54) is 6.08 Å². The number of carbonyl (C=O) groups excluding carboxylic acids is 1. The molecule has 0 aliphatic rings. The summed E-state index contributed by atoms with van der Waals surface area (Å²) in [5, 5.41) is 4.23. The summed E-state index contributed by atoms with van der Waals surface area (Å²) in [5.41, 5.74) is 2.04. The Labute approximate surface area is 134 Å². The Morgan fingerprint density at radius 3 is 2.52 bits per heavy atom. The third-order valence-electron chi connectivity index (χ3n) is 2.90. The molecule has 4 heteroatoms. The smallest absolute Gasteiger partial charge is 0.244 e. The first kappa shape index (κ1) is 15.6. The van der Waals surface area contributed by atoms with Gasteiger partial charge in [-0.05, 0) is 47.9 Å². The fraction of sp³-hybridized carbons (Fsp3) is 0.118. The fourth-order valence-corrected chi connectivity index (χ4v) is 2.17. The number of amides is 1. The summed E-state index contributed by atoms with van der Waals surface area (Å²) in [6.45, 7) is 0.574. The van der Waals surface area contributed by atoms with Crippen LogP contribution in [0.3, 0.4) is 0 Å². The Morgan fingerprint density at radius 2 is 1.81 bits per heavy atom. The predicted molar refractivity (Wildman–Crippen MR) is 88.7 cm³/mol. The molecule has 0 saturated heterocycles. The standard InChI is InChI=1S/C17H15Cl2NO/c18-15-7-4-13(5-8-15)6-9-17(21)20-11-10-14-2-1-3-16(19)12-14/h1-9,12H,10-11H2,(H,20,21)/b9-6+. The first-order valence-corrected chi connectivity index (χ1v) is 7.35. The van der Waals surface area contributed by atoms with Gasteiger partial charge in [0.1, 0.15) is 0 Å². The lowest BCUT2D eigenvalue weighted by molar-refractivity contribution is -0.116. The largest absolute Gasteiger partial charge is 0.352 e. The molecule has 0 aliphatic heterocycles. The number of benzene rings is 2. The molecule has 0 spiro atoms. The summed E-state index contributed by atoms with van der Waals surface area (Å²) in [6, 6.07) is 14.9. The van der Waals surface area contributed by atoms with E-state index >= 15 is 0 Å². The van der Waals surface area contributed by atoms with E-state index in [4.69, 9.17) is 23.2 Å². The van der Waals surface area contributed by atoms with Crippen molar-refractivity contribution < 1.29 is 4.79 Å². The molecule has 2 rings (SSSR count). The van der Waals surface area contributed by atoms with Gasteiger partial charge in [-0.3, -0.25) is 4.79 Å². The summed E-state index contributed by atoms with van der Waals surface area (Å²) >= 11 is 11.7. The maximum atomic E-state index is 11.7. The van der Waals surface area contributed by atoms with Crippen molar-refractivity contribution in [2.24, 2.45) is 0 Å². The van der Waals surface area contributed by atoms with Gasteiger partial charge in [0.25, 0.3) is 0 Å². The third-order valence-corrected chi connectivity index (χ3v) is 3.39. The lowest BCUT2D eigenvalue weighted by Gasteiger charge is -2.03. The topological polar surface area (TPSA) is 29.1 Å². The van der Waals surface area contributed by atoms with Crippen molar-refractivity contribution in [3.63, 3.8) is 0 Å². The summed E-state index contributed by atoms with van der Waals surface area (Å²) < 4.78 is 0. The molecule has 21 heavy (non-hydrogen) atoms. The van der Waals surface area contributed by atoms with E-state index in [0.717, 1.165) is 17.5 Å². The second-order valence-electron chi connectivity index (χ2n) is 4.56. The van der Waals surface area contributed by atoms with Crippen LogP contribution in [0.5, 0.6) is 0 Å². The van der Waals surface area contributed by atoms with Gasteiger partial charge in [-0.1, -0.05) is 47.5 Å². The molecule has 2 nitrogen and oxygen atoms in total. The van der Waals surface area contributed by atoms with Gasteiger partial charge in [0.15, 0.2) is 0 Å². The van der Waals surface area contributed by atoms with Gasteiger partial charge in [0, 0.05) is 22.7 Å². The lowest BCUT2D eigenvalue weighted by atomic mass is 10.1. The molecule has 0 aliphatic carbocycles. The molecule has 1 amide bonds. The first-order valence-electron chi connectivity index (χ1n) is 6.59. The zero-order valence-corrected chi connectivity index (χ0v) is 12.9. The van der Waals surface area contributed by atoms with Gasteiger partial charge in [0.2, 0.25) is 5.91 Å².